The molecule has 0 aromatic carbocycles. The third kappa shape index (κ3) is 2.98. The van der Waals surface area contributed by atoms with E-state index in [9.17, 15) is 4.79 Å². The predicted octanol–water partition coefficient (Wildman–Crippen LogP) is 3.58. The molecule has 2 aromatic rings. The van der Waals surface area contributed by atoms with Gasteiger partial charge in [-0.2, -0.15) is 5.10 Å². The average molecular weight is 334 g/mol. The number of pyridine rings is 1. The van der Waals surface area contributed by atoms with Crippen molar-refractivity contribution < 1.29 is 4.79 Å². The van der Waals surface area contributed by atoms with E-state index in [0.717, 1.165) is 10.2 Å². The molecule has 3 rings (SSSR count). The van der Waals surface area contributed by atoms with Crippen molar-refractivity contribution in [3.05, 3.63) is 46.5 Å². The summed E-state index contributed by atoms with van der Waals surface area (Å²) in [6, 6.07) is 4.26. The van der Waals surface area contributed by atoms with Crippen molar-refractivity contribution in [1.29, 1.82) is 0 Å². The van der Waals surface area contributed by atoms with Gasteiger partial charge in [0.2, 0.25) is 0 Å². The molecular weight excluding hydrogens is 318 g/mol. The van der Waals surface area contributed by atoms with Gasteiger partial charge in [0.05, 0.1) is 18.2 Å². The van der Waals surface area contributed by atoms with Crippen LogP contribution in [0, 0.1) is 0 Å². The number of rotatable bonds is 4. The van der Waals surface area contributed by atoms with Crippen LogP contribution in [0.3, 0.4) is 0 Å². The van der Waals surface area contributed by atoms with Gasteiger partial charge in [-0.25, -0.2) is 0 Å². The molecule has 0 bridgehead atoms. The zero-order chi connectivity index (χ0) is 13.9. The van der Waals surface area contributed by atoms with Gasteiger partial charge in [-0.15, -0.1) is 0 Å². The molecule has 0 aliphatic heterocycles. The molecule has 1 saturated carbocycles. The van der Waals surface area contributed by atoms with Gasteiger partial charge in [-0.1, -0.05) is 12.8 Å². The van der Waals surface area contributed by atoms with E-state index in [4.69, 9.17) is 0 Å². The quantitative estimate of drug-likeness (QED) is 0.803. The number of Topliss-reactive ketones (excluding diaryl/α,β-unsaturated/α-hetero) is 1. The lowest BCUT2D eigenvalue weighted by molar-refractivity contribution is 0.0991. The SMILES string of the molecule is O=C(Cc1ccn(C2CCCC2)n1)c1cncc(Br)c1. The van der Waals surface area contributed by atoms with Crippen molar-refractivity contribution in [2.24, 2.45) is 0 Å². The first-order chi connectivity index (χ1) is 9.72. The molecule has 0 N–H and O–H groups in total. The van der Waals surface area contributed by atoms with Crippen LogP contribution < -0.4 is 0 Å². The Bertz CT molecular complexity index is 617. The zero-order valence-corrected chi connectivity index (χ0v) is 12.7. The Labute approximate surface area is 126 Å². The van der Waals surface area contributed by atoms with Crippen molar-refractivity contribution in [2.45, 2.75) is 38.1 Å². The molecule has 1 aliphatic carbocycles. The molecule has 0 atom stereocenters. The van der Waals surface area contributed by atoms with Crippen molar-refractivity contribution in [3.8, 4) is 0 Å². The molecule has 104 valence electrons. The van der Waals surface area contributed by atoms with Crippen LogP contribution in [0.5, 0.6) is 0 Å². The summed E-state index contributed by atoms with van der Waals surface area (Å²) in [6.07, 6.45) is 10.6. The van der Waals surface area contributed by atoms with Gasteiger partial charge in [0, 0.05) is 28.6 Å². The maximum atomic E-state index is 12.2. The van der Waals surface area contributed by atoms with Crippen LogP contribution in [0.25, 0.3) is 0 Å². The van der Waals surface area contributed by atoms with Gasteiger partial charge in [-0.05, 0) is 40.9 Å². The van der Waals surface area contributed by atoms with Gasteiger partial charge < -0.3 is 0 Å². The van der Waals surface area contributed by atoms with Crippen molar-refractivity contribution >= 4 is 21.7 Å². The van der Waals surface area contributed by atoms with Crippen molar-refractivity contribution in [1.82, 2.24) is 14.8 Å². The maximum absolute atomic E-state index is 12.2. The summed E-state index contributed by atoms with van der Waals surface area (Å²) < 4.78 is 2.84. The van der Waals surface area contributed by atoms with Crippen LogP contribution >= 0.6 is 15.9 Å². The van der Waals surface area contributed by atoms with E-state index in [1.807, 2.05) is 16.9 Å². The number of halogens is 1. The highest BCUT2D eigenvalue weighted by molar-refractivity contribution is 9.10. The first kappa shape index (κ1) is 13.5. The minimum atomic E-state index is 0.0514. The number of nitrogens with zero attached hydrogens (tertiary/aromatic N) is 3. The van der Waals surface area contributed by atoms with Crippen LogP contribution in [0.1, 0.15) is 47.8 Å². The normalized spacial score (nSPS) is 15.7. The van der Waals surface area contributed by atoms with Crippen molar-refractivity contribution in [3.63, 3.8) is 0 Å². The lowest BCUT2D eigenvalue weighted by atomic mass is 10.1. The van der Waals surface area contributed by atoms with E-state index < -0.39 is 0 Å². The number of carbonyl (C=O) groups is 1. The van der Waals surface area contributed by atoms with Crippen LogP contribution in [-0.4, -0.2) is 20.5 Å². The summed E-state index contributed by atoms with van der Waals surface area (Å²) >= 11 is 3.33. The molecule has 20 heavy (non-hydrogen) atoms. The Balaban J connectivity index is 1.70. The first-order valence-electron chi connectivity index (χ1n) is 6.90. The number of hydrogen-bond donors (Lipinski definition) is 0. The number of hydrogen-bond acceptors (Lipinski definition) is 3. The smallest absolute Gasteiger partial charge is 0.170 e. The maximum Gasteiger partial charge on any atom is 0.170 e. The molecule has 2 aromatic heterocycles. The van der Waals surface area contributed by atoms with Gasteiger partial charge in [-0.3, -0.25) is 14.5 Å². The molecule has 0 amide bonds. The van der Waals surface area contributed by atoms with Gasteiger partial charge in [0.15, 0.2) is 5.78 Å². The molecule has 5 heteroatoms. The lowest BCUT2D eigenvalue weighted by Crippen LogP contribution is -2.08. The predicted molar refractivity (Wildman–Crippen MR) is 79.7 cm³/mol. The van der Waals surface area contributed by atoms with E-state index in [0.29, 0.717) is 18.0 Å². The Hall–Kier alpha value is -1.49. The summed E-state index contributed by atoms with van der Waals surface area (Å²) in [6.45, 7) is 0. The van der Waals surface area contributed by atoms with E-state index >= 15 is 0 Å². The standard InChI is InChI=1S/C15H16BrN3O/c16-12-7-11(9-17-10-12)15(20)8-13-5-6-19(18-13)14-3-1-2-4-14/h5-7,9-10,14H,1-4,8H2. The second kappa shape index (κ2) is 5.87. The monoisotopic (exact) mass is 333 g/mol. The lowest BCUT2D eigenvalue weighted by Gasteiger charge is -2.08. The highest BCUT2D eigenvalue weighted by Crippen LogP contribution is 2.28. The highest BCUT2D eigenvalue weighted by Gasteiger charge is 2.18. The molecule has 2 heterocycles. The summed E-state index contributed by atoms with van der Waals surface area (Å²) in [7, 11) is 0. The molecular formula is C15H16BrN3O. The number of carbonyl (C=O) groups excluding carboxylic acids is 1. The fraction of sp³-hybridized carbons (Fsp3) is 0.400. The summed E-state index contributed by atoms with van der Waals surface area (Å²) in [5, 5.41) is 4.54. The molecule has 0 radical (unpaired) electrons. The molecule has 0 unspecified atom stereocenters. The Morgan fingerprint density at radius 1 is 1.35 bits per heavy atom. The third-order valence-corrected chi connectivity index (χ3v) is 4.16. The average Bonchev–Trinajstić information content (AvgIpc) is 3.08. The molecule has 0 saturated heterocycles. The first-order valence-corrected chi connectivity index (χ1v) is 7.69. The van der Waals surface area contributed by atoms with Crippen molar-refractivity contribution in [2.75, 3.05) is 0 Å². The zero-order valence-electron chi connectivity index (χ0n) is 11.1. The Morgan fingerprint density at radius 2 is 2.15 bits per heavy atom. The summed E-state index contributed by atoms with van der Waals surface area (Å²) in [5.41, 5.74) is 1.46. The largest absolute Gasteiger partial charge is 0.294 e. The van der Waals surface area contributed by atoms with E-state index in [-0.39, 0.29) is 5.78 Å². The summed E-state index contributed by atoms with van der Waals surface area (Å²) in [5.74, 6) is 0.0514. The van der Waals surface area contributed by atoms with Gasteiger partial charge in [0.1, 0.15) is 0 Å². The van der Waals surface area contributed by atoms with Crippen LogP contribution in [0.2, 0.25) is 0 Å². The Kier molecular flexibility index (Phi) is 3.96. The van der Waals surface area contributed by atoms with Crippen LogP contribution in [0.4, 0.5) is 0 Å². The fourth-order valence-corrected chi connectivity index (χ4v) is 3.04. The highest BCUT2D eigenvalue weighted by atomic mass is 79.9. The molecule has 4 nitrogen and oxygen atoms in total. The summed E-state index contributed by atoms with van der Waals surface area (Å²) in [4.78, 5) is 16.2. The number of ketones is 1. The number of aromatic nitrogens is 3. The molecule has 1 fully saturated rings. The second-order valence-corrected chi connectivity index (χ2v) is 6.13. The second-order valence-electron chi connectivity index (χ2n) is 5.22. The van der Waals surface area contributed by atoms with E-state index in [1.54, 1.807) is 18.5 Å². The third-order valence-electron chi connectivity index (χ3n) is 3.73. The molecule has 0 spiro atoms. The topological polar surface area (TPSA) is 47.8 Å². The molecule has 1 aliphatic rings. The van der Waals surface area contributed by atoms with Crippen LogP contribution in [0.15, 0.2) is 35.2 Å². The van der Waals surface area contributed by atoms with E-state index in [2.05, 4.69) is 26.0 Å². The van der Waals surface area contributed by atoms with Gasteiger partial charge in [0.25, 0.3) is 0 Å². The van der Waals surface area contributed by atoms with Gasteiger partial charge >= 0.3 is 0 Å². The fourth-order valence-electron chi connectivity index (χ4n) is 2.67. The minimum Gasteiger partial charge on any atom is -0.294 e. The van der Waals surface area contributed by atoms with E-state index in [1.165, 1.54) is 25.7 Å². The Morgan fingerprint density at radius 3 is 2.90 bits per heavy atom. The van der Waals surface area contributed by atoms with Crippen LogP contribution in [-0.2, 0) is 6.42 Å². The minimum absolute atomic E-state index is 0.0514.